The second-order valence-corrected chi connectivity index (χ2v) is 11.4. The van der Waals surface area contributed by atoms with Crippen molar-refractivity contribution in [2.75, 3.05) is 19.5 Å². The Morgan fingerprint density at radius 3 is 2.40 bits per heavy atom. The minimum atomic E-state index is -3.96. The molecule has 0 radical (unpaired) electrons. The van der Waals surface area contributed by atoms with Gasteiger partial charge in [-0.05, 0) is 71.7 Å². The lowest BCUT2D eigenvalue weighted by molar-refractivity contribution is -0.149. The Hall–Kier alpha value is -3.06. The zero-order valence-electron chi connectivity index (χ0n) is 23.7. The van der Waals surface area contributed by atoms with E-state index in [1.165, 1.54) is 27.1 Å². The molecule has 0 bridgehead atoms. The summed E-state index contributed by atoms with van der Waals surface area (Å²) in [6, 6.07) is 11.4. The quantitative estimate of drug-likeness (QED) is 0.132. The Bertz CT molecular complexity index is 1240. The Kier molecular flexibility index (Phi) is 12.5. The van der Waals surface area contributed by atoms with Crippen molar-refractivity contribution in [1.82, 2.24) is 19.7 Å². The summed E-state index contributed by atoms with van der Waals surface area (Å²) in [5, 5.41) is 23.1. The van der Waals surface area contributed by atoms with Gasteiger partial charge in [0.2, 0.25) is 0 Å². The molecule has 5 N–H and O–H groups in total. The maximum absolute atomic E-state index is 13.6. The maximum Gasteiger partial charge on any atom is 0.459 e. The first-order valence-corrected chi connectivity index (χ1v) is 14.3. The fourth-order valence-electron chi connectivity index (χ4n) is 3.29. The molecule has 1 unspecified atom stereocenters. The van der Waals surface area contributed by atoms with E-state index in [2.05, 4.69) is 15.2 Å². The molecule has 3 atom stereocenters. The van der Waals surface area contributed by atoms with Crippen LogP contribution in [-0.4, -0.2) is 68.5 Å². The van der Waals surface area contributed by atoms with Crippen molar-refractivity contribution in [2.45, 2.75) is 71.5 Å². The molecule has 0 aliphatic rings. The smallest absolute Gasteiger partial charge is 0.459 e. The van der Waals surface area contributed by atoms with Crippen LogP contribution in [0.15, 0.2) is 48.8 Å². The van der Waals surface area contributed by atoms with Crippen LogP contribution in [0.25, 0.3) is 5.52 Å². The summed E-state index contributed by atoms with van der Waals surface area (Å²) in [5.74, 6) is -1.34. The SMILES string of the molecule is CC(C)(O)O.COC(CCc1ccc2c(N)ncnn12)CO[P@@](=O)(N[C@@H](C)C(=O)OC(C)C)Oc1ccccc1. The van der Waals surface area contributed by atoms with Gasteiger partial charge in [-0.25, -0.2) is 14.1 Å². The minimum Gasteiger partial charge on any atom is -0.462 e. The van der Waals surface area contributed by atoms with E-state index in [4.69, 9.17) is 34.5 Å². The largest absolute Gasteiger partial charge is 0.462 e. The Labute approximate surface area is 234 Å². The molecule has 0 spiro atoms. The van der Waals surface area contributed by atoms with Gasteiger partial charge in [0.15, 0.2) is 11.6 Å². The second-order valence-electron chi connectivity index (χ2n) is 9.69. The zero-order valence-corrected chi connectivity index (χ0v) is 24.6. The highest BCUT2D eigenvalue weighted by Gasteiger charge is 2.33. The van der Waals surface area contributed by atoms with E-state index in [0.29, 0.717) is 24.4 Å². The van der Waals surface area contributed by atoms with Crippen LogP contribution in [0.3, 0.4) is 0 Å². The number of ether oxygens (including phenoxy) is 2. The van der Waals surface area contributed by atoms with E-state index in [1.54, 1.807) is 55.8 Å². The average Bonchev–Trinajstić information content (AvgIpc) is 3.27. The van der Waals surface area contributed by atoms with Gasteiger partial charge >= 0.3 is 13.7 Å². The summed E-state index contributed by atoms with van der Waals surface area (Å²) in [6.45, 7) is 7.56. The van der Waals surface area contributed by atoms with Crippen LogP contribution < -0.4 is 15.3 Å². The number of nitrogen functional groups attached to an aromatic ring is 1. The summed E-state index contributed by atoms with van der Waals surface area (Å²) in [7, 11) is -2.42. The number of methoxy groups -OCH3 is 1. The third kappa shape index (κ3) is 11.6. The topological polar surface area (TPSA) is 180 Å². The molecule has 13 nitrogen and oxygen atoms in total. The molecule has 0 fully saturated rings. The molecule has 0 amide bonds. The number of aliphatic hydroxyl groups is 2. The fourth-order valence-corrected chi connectivity index (χ4v) is 4.81. The Morgan fingerprint density at radius 1 is 1.15 bits per heavy atom. The highest BCUT2D eigenvalue weighted by molar-refractivity contribution is 7.52. The van der Waals surface area contributed by atoms with Crippen LogP contribution >= 0.6 is 7.75 Å². The van der Waals surface area contributed by atoms with Gasteiger partial charge in [0.05, 0.1) is 18.8 Å². The summed E-state index contributed by atoms with van der Waals surface area (Å²) in [6.07, 6.45) is 1.82. The molecule has 0 aliphatic heterocycles. The van der Waals surface area contributed by atoms with Crippen molar-refractivity contribution in [1.29, 1.82) is 0 Å². The number of carbonyl (C=O) groups excluding carboxylic acids is 1. The lowest BCUT2D eigenvalue weighted by Crippen LogP contribution is -2.36. The molecule has 0 saturated carbocycles. The normalized spacial score (nSPS) is 14.6. The summed E-state index contributed by atoms with van der Waals surface area (Å²) < 4.78 is 37.5. The standard InChI is InChI=1S/C23H32N5O6P.C3H8O2/c1-16(2)33-23(29)17(3)27-35(30,34-19-8-6-5-7-9-19)32-14-20(31-4)12-10-18-11-13-21-22(24)25-15-26-28(18)21;1-3(2,4)5/h5-9,11,13,15-17,20H,10,12,14H2,1-4H3,(H,27,30)(H2,24,25,26);4-5H,1-2H3/t17-,20?,35-;/m0./s1. The van der Waals surface area contributed by atoms with E-state index < -0.39 is 31.6 Å². The van der Waals surface area contributed by atoms with Crippen LogP contribution in [0.1, 0.15) is 46.7 Å². The molecule has 222 valence electrons. The molecule has 0 saturated heterocycles. The molecule has 40 heavy (non-hydrogen) atoms. The van der Waals surface area contributed by atoms with Crippen LogP contribution in [0, 0.1) is 0 Å². The van der Waals surface area contributed by atoms with E-state index >= 15 is 0 Å². The third-order valence-corrected chi connectivity index (χ3v) is 6.72. The highest BCUT2D eigenvalue weighted by Crippen LogP contribution is 2.45. The molecule has 2 aromatic heterocycles. The number of aromatic nitrogens is 3. The van der Waals surface area contributed by atoms with Crippen LogP contribution in [0.2, 0.25) is 0 Å². The predicted octanol–water partition coefficient (Wildman–Crippen LogP) is 3.10. The van der Waals surface area contributed by atoms with Gasteiger partial charge in [-0.1, -0.05) is 18.2 Å². The van der Waals surface area contributed by atoms with Crippen molar-refractivity contribution in [3.63, 3.8) is 0 Å². The van der Waals surface area contributed by atoms with Crippen molar-refractivity contribution in [3.05, 3.63) is 54.5 Å². The lowest BCUT2D eigenvalue weighted by atomic mass is 10.1. The number of nitrogens with zero attached hydrogens (tertiary/aromatic N) is 3. The van der Waals surface area contributed by atoms with Gasteiger partial charge < -0.3 is 29.9 Å². The number of benzene rings is 1. The van der Waals surface area contributed by atoms with Crippen molar-refractivity contribution < 1.29 is 38.1 Å². The number of nitrogens with two attached hydrogens (primary N) is 1. The monoisotopic (exact) mass is 581 g/mol. The van der Waals surface area contributed by atoms with Crippen LogP contribution in [-0.2, 0) is 29.8 Å². The number of aryl methyl sites for hydroxylation is 1. The minimum absolute atomic E-state index is 0.0417. The Balaban J connectivity index is 0.00000103. The van der Waals surface area contributed by atoms with Gasteiger partial charge in [0.25, 0.3) is 0 Å². The molecular formula is C26H40N5O8P. The number of nitrogens with one attached hydrogen (secondary N) is 1. The number of rotatable bonds is 13. The van der Waals surface area contributed by atoms with E-state index in [1.807, 2.05) is 12.1 Å². The van der Waals surface area contributed by atoms with Gasteiger partial charge in [0.1, 0.15) is 23.6 Å². The fraction of sp³-hybridized carbons (Fsp3) is 0.500. The molecule has 0 aliphatic carbocycles. The molecule has 3 rings (SSSR count). The number of para-hydroxylation sites is 1. The number of carbonyl (C=O) groups is 1. The van der Waals surface area contributed by atoms with Crippen molar-refractivity contribution in [2.24, 2.45) is 0 Å². The number of esters is 1. The first-order valence-electron chi connectivity index (χ1n) is 12.7. The van der Waals surface area contributed by atoms with E-state index in [0.717, 1.165) is 11.2 Å². The van der Waals surface area contributed by atoms with Crippen molar-refractivity contribution >= 4 is 25.1 Å². The van der Waals surface area contributed by atoms with Gasteiger partial charge in [-0.15, -0.1) is 0 Å². The number of hydrogen-bond acceptors (Lipinski definition) is 11. The molecule has 2 heterocycles. The number of anilines is 1. The first-order chi connectivity index (χ1) is 18.7. The first kappa shape index (κ1) is 33.1. The third-order valence-electron chi connectivity index (χ3n) is 5.07. The molecular weight excluding hydrogens is 541 g/mol. The van der Waals surface area contributed by atoms with Gasteiger partial charge in [-0.2, -0.15) is 10.2 Å². The molecule has 14 heteroatoms. The Morgan fingerprint density at radius 2 is 1.80 bits per heavy atom. The molecule has 3 aromatic rings. The summed E-state index contributed by atoms with van der Waals surface area (Å²) in [5.41, 5.74) is 7.54. The molecule has 1 aromatic carbocycles. The van der Waals surface area contributed by atoms with Gasteiger partial charge in [0, 0.05) is 12.8 Å². The maximum atomic E-state index is 13.6. The van der Waals surface area contributed by atoms with Crippen LogP contribution in [0.4, 0.5) is 5.82 Å². The number of fused-ring (bicyclic) bond motifs is 1. The second kappa shape index (κ2) is 15.1. The van der Waals surface area contributed by atoms with Crippen LogP contribution in [0.5, 0.6) is 5.75 Å². The zero-order chi connectivity index (χ0) is 29.9. The van der Waals surface area contributed by atoms with Crippen molar-refractivity contribution in [3.8, 4) is 5.75 Å². The average molecular weight is 582 g/mol. The summed E-state index contributed by atoms with van der Waals surface area (Å²) in [4.78, 5) is 16.3. The predicted molar refractivity (Wildman–Crippen MR) is 149 cm³/mol. The van der Waals surface area contributed by atoms with E-state index in [-0.39, 0.29) is 12.7 Å². The lowest BCUT2D eigenvalue weighted by Gasteiger charge is -2.25. The number of hydrogen-bond donors (Lipinski definition) is 4. The highest BCUT2D eigenvalue weighted by atomic mass is 31.2. The van der Waals surface area contributed by atoms with E-state index in [9.17, 15) is 9.36 Å². The summed E-state index contributed by atoms with van der Waals surface area (Å²) >= 11 is 0. The van der Waals surface area contributed by atoms with Gasteiger partial charge in [-0.3, -0.25) is 9.32 Å².